The third kappa shape index (κ3) is 9.01. The maximum absolute atomic E-state index is 13.4. The van der Waals surface area contributed by atoms with Gasteiger partial charge < -0.3 is 20.7 Å². The van der Waals surface area contributed by atoms with Gasteiger partial charge in [-0.2, -0.15) is 0 Å². The predicted molar refractivity (Wildman–Crippen MR) is 109 cm³/mol. The van der Waals surface area contributed by atoms with Crippen molar-refractivity contribution in [2.75, 3.05) is 40.4 Å². The lowest BCUT2D eigenvalue weighted by atomic mass is 9.84. The number of benzene rings is 1. The van der Waals surface area contributed by atoms with E-state index >= 15 is 0 Å². The number of rotatable bonds is 8. The van der Waals surface area contributed by atoms with E-state index in [1.54, 1.807) is 20.2 Å². The number of ether oxygens (including phenoxy) is 1. The third-order valence-corrected chi connectivity index (χ3v) is 3.57. The Labute approximate surface area is 166 Å². The summed E-state index contributed by atoms with van der Waals surface area (Å²) in [7, 11) is 3.21. The Morgan fingerprint density at radius 2 is 2.00 bits per heavy atom. The highest BCUT2D eigenvalue weighted by Crippen LogP contribution is 2.22. The summed E-state index contributed by atoms with van der Waals surface area (Å²) in [5, 5.41) is 8.82. The van der Waals surface area contributed by atoms with Gasteiger partial charge >= 0.3 is 0 Å². The number of hydrogen-bond acceptors (Lipinski definition) is 3. The van der Waals surface area contributed by atoms with Gasteiger partial charge in [-0.05, 0) is 17.7 Å². The summed E-state index contributed by atoms with van der Waals surface area (Å²) >= 11 is 0. The van der Waals surface area contributed by atoms with E-state index in [2.05, 4.69) is 20.9 Å². The molecule has 0 aliphatic heterocycles. The van der Waals surface area contributed by atoms with Crippen LogP contribution in [0.15, 0.2) is 29.3 Å². The minimum absolute atomic E-state index is 0. The predicted octanol–water partition coefficient (Wildman–Crippen LogP) is 1.65. The van der Waals surface area contributed by atoms with Crippen LogP contribution >= 0.6 is 24.0 Å². The van der Waals surface area contributed by atoms with Gasteiger partial charge in [0.05, 0.1) is 13.2 Å². The van der Waals surface area contributed by atoms with Gasteiger partial charge in [0, 0.05) is 32.7 Å². The molecule has 0 atom stereocenters. The lowest BCUT2D eigenvalue weighted by molar-refractivity contribution is -0.120. The number of carbonyl (C=O) groups is 1. The van der Waals surface area contributed by atoms with Crippen molar-refractivity contribution in [3.63, 3.8) is 0 Å². The SMILES string of the molecule is CN=C(NCC(=O)NCCOC)NCC(C)(C)c1cccc(F)c1.I. The average molecular weight is 466 g/mol. The minimum atomic E-state index is -0.291. The van der Waals surface area contributed by atoms with Crippen LogP contribution in [0.1, 0.15) is 19.4 Å². The Balaban J connectivity index is 0.00000576. The molecule has 0 fully saturated rings. The van der Waals surface area contributed by atoms with Gasteiger partial charge in [0.1, 0.15) is 5.82 Å². The molecule has 6 nitrogen and oxygen atoms in total. The van der Waals surface area contributed by atoms with Gasteiger partial charge in [0.15, 0.2) is 5.96 Å². The number of guanidine groups is 1. The minimum Gasteiger partial charge on any atom is -0.383 e. The average Bonchev–Trinajstić information content (AvgIpc) is 2.55. The van der Waals surface area contributed by atoms with E-state index < -0.39 is 0 Å². The van der Waals surface area contributed by atoms with Gasteiger partial charge in [0.25, 0.3) is 0 Å². The molecule has 0 heterocycles. The molecule has 1 amide bonds. The molecule has 0 aliphatic rings. The second-order valence-electron chi connectivity index (χ2n) is 6.02. The first-order chi connectivity index (χ1) is 11.4. The highest BCUT2D eigenvalue weighted by molar-refractivity contribution is 14.0. The highest BCUT2D eigenvalue weighted by atomic mass is 127. The fourth-order valence-electron chi connectivity index (χ4n) is 2.06. The second-order valence-corrected chi connectivity index (χ2v) is 6.02. The normalized spacial score (nSPS) is 11.5. The molecule has 1 aromatic rings. The van der Waals surface area contributed by atoms with E-state index in [1.807, 2.05) is 19.9 Å². The number of aliphatic imine (C=N–C) groups is 1. The van der Waals surface area contributed by atoms with Crippen molar-refractivity contribution in [3.8, 4) is 0 Å². The van der Waals surface area contributed by atoms with Crippen molar-refractivity contribution in [1.82, 2.24) is 16.0 Å². The van der Waals surface area contributed by atoms with E-state index in [0.29, 0.717) is 25.7 Å². The molecule has 0 bridgehead atoms. The van der Waals surface area contributed by atoms with Crippen molar-refractivity contribution in [1.29, 1.82) is 0 Å². The molecule has 8 heteroatoms. The Hall–Kier alpha value is -1.42. The van der Waals surface area contributed by atoms with Gasteiger partial charge in [0.2, 0.25) is 5.91 Å². The number of nitrogens with one attached hydrogen (secondary N) is 3. The summed E-state index contributed by atoms with van der Waals surface area (Å²) < 4.78 is 18.3. The zero-order chi connectivity index (χ0) is 18.0. The van der Waals surface area contributed by atoms with E-state index in [4.69, 9.17) is 4.74 Å². The molecule has 0 unspecified atom stereocenters. The first-order valence-electron chi connectivity index (χ1n) is 7.85. The van der Waals surface area contributed by atoms with Crippen LogP contribution in [0.2, 0.25) is 0 Å². The summed E-state index contributed by atoms with van der Waals surface area (Å²) in [5.41, 5.74) is 0.600. The molecule has 1 aromatic carbocycles. The molecule has 0 aromatic heterocycles. The maximum atomic E-state index is 13.4. The Bertz CT molecular complexity index is 567. The number of hydrogen-bond donors (Lipinski definition) is 3. The van der Waals surface area contributed by atoms with Crippen LogP contribution in [0.4, 0.5) is 4.39 Å². The standard InChI is InChI=1S/C17H27FN4O2.HI/c1-17(2,13-6-5-7-14(18)10-13)12-22-16(19-3)21-11-15(23)20-8-9-24-4;/h5-7,10H,8-9,11-12H2,1-4H3,(H,20,23)(H2,19,21,22);1H. The molecule has 0 saturated heterocycles. The first kappa shape index (κ1) is 23.6. The van der Waals surface area contributed by atoms with Crippen molar-refractivity contribution < 1.29 is 13.9 Å². The van der Waals surface area contributed by atoms with Crippen LogP contribution < -0.4 is 16.0 Å². The molecule has 0 spiro atoms. The van der Waals surface area contributed by atoms with Crippen molar-refractivity contribution in [2.45, 2.75) is 19.3 Å². The van der Waals surface area contributed by atoms with Gasteiger partial charge in [-0.1, -0.05) is 26.0 Å². The summed E-state index contributed by atoms with van der Waals surface area (Å²) in [6.07, 6.45) is 0. The Morgan fingerprint density at radius 1 is 1.28 bits per heavy atom. The highest BCUT2D eigenvalue weighted by Gasteiger charge is 2.21. The molecule has 3 N–H and O–H groups in total. The molecular formula is C17H28FIN4O2. The van der Waals surface area contributed by atoms with Gasteiger partial charge in [-0.15, -0.1) is 24.0 Å². The zero-order valence-corrected chi connectivity index (χ0v) is 17.5. The molecule has 1 rings (SSSR count). The third-order valence-electron chi connectivity index (χ3n) is 3.57. The summed E-state index contributed by atoms with van der Waals surface area (Å²) in [6.45, 7) is 5.63. The van der Waals surface area contributed by atoms with Crippen LogP contribution in [-0.4, -0.2) is 52.3 Å². The van der Waals surface area contributed by atoms with Crippen molar-refractivity contribution in [3.05, 3.63) is 35.6 Å². The number of halogens is 2. The van der Waals surface area contributed by atoms with Crippen LogP contribution in [0.3, 0.4) is 0 Å². The maximum Gasteiger partial charge on any atom is 0.239 e. The molecule has 0 radical (unpaired) electrons. The lowest BCUT2D eigenvalue weighted by Gasteiger charge is -2.26. The first-order valence-corrected chi connectivity index (χ1v) is 7.85. The van der Waals surface area contributed by atoms with Crippen molar-refractivity contribution in [2.24, 2.45) is 4.99 Å². The molecule has 25 heavy (non-hydrogen) atoms. The number of methoxy groups -OCH3 is 1. The number of carbonyl (C=O) groups excluding carboxylic acids is 1. The monoisotopic (exact) mass is 466 g/mol. The van der Waals surface area contributed by atoms with E-state index in [-0.39, 0.29) is 47.7 Å². The molecule has 0 aliphatic carbocycles. The van der Waals surface area contributed by atoms with Crippen molar-refractivity contribution >= 4 is 35.8 Å². The van der Waals surface area contributed by atoms with E-state index in [1.165, 1.54) is 12.1 Å². The summed E-state index contributed by atoms with van der Waals surface area (Å²) in [4.78, 5) is 15.7. The van der Waals surface area contributed by atoms with Gasteiger partial charge in [-0.25, -0.2) is 4.39 Å². The fourth-order valence-corrected chi connectivity index (χ4v) is 2.06. The Kier molecular flexibility index (Phi) is 11.3. The van der Waals surface area contributed by atoms with E-state index in [0.717, 1.165) is 5.56 Å². The quantitative estimate of drug-likeness (QED) is 0.236. The Morgan fingerprint density at radius 3 is 2.60 bits per heavy atom. The molecular weight excluding hydrogens is 438 g/mol. The molecule has 142 valence electrons. The largest absolute Gasteiger partial charge is 0.383 e. The fraction of sp³-hybridized carbons (Fsp3) is 0.529. The van der Waals surface area contributed by atoms with Crippen LogP contribution in [0.25, 0.3) is 0 Å². The smallest absolute Gasteiger partial charge is 0.239 e. The van der Waals surface area contributed by atoms with Crippen LogP contribution in [-0.2, 0) is 14.9 Å². The second kappa shape index (κ2) is 12.0. The zero-order valence-electron chi connectivity index (χ0n) is 15.2. The number of amides is 1. The summed E-state index contributed by atoms with van der Waals surface area (Å²) in [6, 6.07) is 6.55. The van der Waals surface area contributed by atoms with Crippen LogP contribution in [0, 0.1) is 5.82 Å². The van der Waals surface area contributed by atoms with E-state index in [9.17, 15) is 9.18 Å². The number of nitrogens with zero attached hydrogens (tertiary/aromatic N) is 1. The summed E-state index contributed by atoms with van der Waals surface area (Å²) in [5.74, 6) is 0.122. The topological polar surface area (TPSA) is 74.8 Å². The molecule has 0 saturated carbocycles. The van der Waals surface area contributed by atoms with Crippen LogP contribution in [0.5, 0.6) is 0 Å². The lowest BCUT2D eigenvalue weighted by Crippen LogP contribution is -2.46. The van der Waals surface area contributed by atoms with Gasteiger partial charge in [-0.3, -0.25) is 9.79 Å².